The van der Waals surface area contributed by atoms with Crippen molar-refractivity contribution in [3.8, 4) is 33.6 Å². The molecule has 0 amide bonds. The topological polar surface area (TPSA) is 25.8 Å². The molecule has 263 valence electrons. The minimum absolute atomic E-state index is 0. The van der Waals surface area contributed by atoms with Gasteiger partial charge in [-0.3, -0.25) is 0 Å². The van der Waals surface area contributed by atoms with E-state index in [9.17, 15) is 4.39 Å². The van der Waals surface area contributed by atoms with E-state index in [2.05, 4.69) is 125 Å². The van der Waals surface area contributed by atoms with Gasteiger partial charge in [0, 0.05) is 36.6 Å². The van der Waals surface area contributed by atoms with Gasteiger partial charge in [0.1, 0.15) is 5.82 Å². The number of aryl methyl sites for hydroxylation is 3. The number of halogens is 1. The van der Waals surface area contributed by atoms with E-state index in [1.54, 1.807) is 11.3 Å². The van der Waals surface area contributed by atoms with E-state index in [4.69, 9.17) is 4.98 Å². The van der Waals surface area contributed by atoms with Gasteiger partial charge >= 0.3 is 0 Å². The minimum Gasteiger partial charge on any atom is -0.305 e. The van der Waals surface area contributed by atoms with E-state index in [-0.39, 0.29) is 31.3 Å². The van der Waals surface area contributed by atoms with Crippen LogP contribution in [0.1, 0.15) is 43.0 Å². The van der Waals surface area contributed by atoms with Crippen molar-refractivity contribution in [2.45, 2.75) is 67.6 Å². The molecule has 0 saturated carbocycles. The second-order valence-corrected chi connectivity index (χ2v) is 21.6. The van der Waals surface area contributed by atoms with Crippen molar-refractivity contribution in [1.29, 1.82) is 0 Å². The van der Waals surface area contributed by atoms with Crippen molar-refractivity contribution in [3.05, 3.63) is 138 Å². The molecular weight excluding hydrogens is 840 g/mol. The first kappa shape index (κ1) is 38.4. The maximum Gasteiger partial charge on any atom is 0.147 e. The number of pyridine rings is 2. The third-order valence-corrected chi connectivity index (χ3v) is 12.2. The molecule has 0 aliphatic carbocycles. The molecule has 2 nitrogen and oxygen atoms in total. The number of fused-ring (bicyclic) bond motifs is 3. The molecule has 0 saturated heterocycles. The number of aromatic nitrogens is 2. The zero-order valence-corrected chi connectivity index (χ0v) is 35.2. The molecule has 4 aromatic carbocycles. The Morgan fingerprint density at radius 1 is 0.765 bits per heavy atom. The largest absolute Gasteiger partial charge is 0.305 e. The van der Waals surface area contributed by atoms with Crippen molar-refractivity contribution in [3.63, 3.8) is 0 Å². The van der Waals surface area contributed by atoms with Crippen LogP contribution in [0.3, 0.4) is 0 Å². The molecule has 7 aromatic rings. The zero-order chi connectivity index (χ0) is 35.8. The molecular formula is C45H45FIrN2SSi-2. The Labute approximate surface area is 321 Å². The predicted octanol–water partition coefficient (Wildman–Crippen LogP) is 12.3. The molecule has 7 rings (SSSR count). The second kappa shape index (κ2) is 15.4. The molecule has 1 radical (unpaired) electrons. The molecule has 0 bridgehead atoms. The Balaban J connectivity index is 0.000000205. The van der Waals surface area contributed by atoms with E-state index in [0.29, 0.717) is 5.56 Å². The number of thiophene rings is 1. The predicted molar refractivity (Wildman–Crippen MR) is 216 cm³/mol. The van der Waals surface area contributed by atoms with Crippen LogP contribution in [0.5, 0.6) is 0 Å². The van der Waals surface area contributed by atoms with Gasteiger partial charge in [-0.2, -0.15) is 11.3 Å². The summed E-state index contributed by atoms with van der Waals surface area (Å²) in [5, 5.41) is 3.90. The molecule has 51 heavy (non-hydrogen) atoms. The summed E-state index contributed by atoms with van der Waals surface area (Å²) in [6, 6.07) is 35.5. The Morgan fingerprint density at radius 2 is 1.45 bits per heavy atom. The van der Waals surface area contributed by atoms with Gasteiger partial charge in [-0.15, -0.1) is 59.7 Å². The molecule has 0 atom stereocenters. The summed E-state index contributed by atoms with van der Waals surface area (Å²) in [6.07, 6.45) is 4.54. The van der Waals surface area contributed by atoms with Crippen LogP contribution in [0.2, 0.25) is 19.6 Å². The van der Waals surface area contributed by atoms with Crippen LogP contribution in [0.25, 0.3) is 53.8 Å². The van der Waals surface area contributed by atoms with E-state index >= 15 is 0 Å². The van der Waals surface area contributed by atoms with Crippen molar-refractivity contribution in [2.24, 2.45) is 5.41 Å². The molecule has 0 unspecified atom stereocenters. The Hall–Kier alpha value is -3.80. The average Bonchev–Trinajstić information content (AvgIpc) is 3.44. The summed E-state index contributed by atoms with van der Waals surface area (Å²) < 4.78 is 17.2. The van der Waals surface area contributed by atoms with E-state index < -0.39 is 8.07 Å². The van der Waals surface area contributed by atoms with Crippen LogP contribution >= 0.6 is 11.3 Å². The van der Waals surface area contributed by atoms with Gasteiger partial charge in [-0.25, -0.2) is 4.39 Å². The monoisotopic (exact) mass is 885 g/mol. The number of rotatable bonds is 5. The molecule has 3 heterocycles. The van der Waals surface area contributed by atoms with Crippen molar-refractivity contribution in [2.75, 3.05) is 0 Å². The number of benzene rings is 4. The minimum atomic E-state index is -1.37. The van der Waals surface area contributed by atoms with Gasteiger partial charge < -0.3 is 9.97 Å². The Morgan fingerprint density at radius 3 is 2.12 bits per heavy atom. The van der Waals surface area contributed by atoms with Crippen LogP contribution in [0, 0.1) is 44.1 Å². The molecule has 0 aliphatic rings. The SMILES string of the molecule is CC(C)(C)Cc1cc(-c2[c-]cccc2)ncc1[Si](C)(C)C.Cc1cc(C)c(-c2cc(-c3[c-]ccc4c3sc3ccccc34)ncc2F)c(C)c1.[Ir]. The van der Waals surface area contributed by atoms with Crippen LogP contribution in [0.15, 0.2) is 97.3 Å². The third kappa shape index (κ3) is 8.64. The first-order valence-corrected chi connectivity index (χ1v) is 21.5. The zero-order valence-electron chi connectivity index (χ0n) is 31.0. The smallest absolute Gasteiger partial charge is 0.147 e. The standard InChI is InChI=1S/C26H19FNS.C19H26NSi.Ir/c1-15-11-16(2)25(17(3)12-15)21-13-23(28-14-22(21)27)20-9-6-8-19-18-7-4-5-10-24(18)29-26(19)20;1-19(2,3)13-16-12-17(15-10-8-7-9-11-15)20-14-18(16)21(4,5)6;/h4-8,10-14H,1-3H3;7-10,12,14H,13H2,1-6H3;/q2*-1;. The summed E-state index contributed by atoms with van der Waals surface area (Å²) in [4.78, 5) is 9.14. The van der Waals surface area contributed by atoms with Crippen LogP contribution < -0.4 is 5.19 Å². The van der Waals surface area contributed by atoms with Gasteiger partial charge in [-0.1, -0.05) is 99.4 Å². The van der Waals surface area contributed by atoms with Gasteiger partial charge in [-0.05, 0) is 82.0 Å². The quantitative estimate of drug-likeness (QED) is 0.127. The summed E-state index contributed by atoms with van der Waals surface area (Å²) in [6.45, 7) is 20.2. The average molecular weight is 885 g/mol. The van der Waals surface area contributed by atoms with Gasteiger partial charge in [0.2, 0.25) is 0 Å². The Kier molecular flexibility index (Phi) is 11.6. The maximum absolute atomic E-state index is 14.8. The van der Waals surface area contributed by atoms with Crippen molar-refractivity contribution < 1.29 is 24.5 Å². The van der Waals surface area contributed by atoms with Crippen molar-refractivity contribution >= 4 is 44.8 Å². The molecule has 0 aliphatic heterocycles. The van der Waals surface area contributed by atoms with Crippen LogP contribution in [-0.2, 0) is 26.5 Å². The molecule has 0 spiro atoms. The number of hydrogen-bond acceptors (Lipinski definition) is 3. The van der Waals surface area contributed by atoms with Crippen molar-refractivity contribution in [1.82, 2.24) is 9.97 Å². The number of hydrogen-bond donors (Lipinski definition) is 0. The summed E-state index contributed by atoms with van der Waals surface area (Å²) in [7, 11) is -1.37. The molecule has 6 heteroatoms. The number of nitrogens with zero attached hydrogens (tertiary/aromatic N) is 2. The fraction of sp³-hybridized carbons (Fsp3) is 0.244. The van der Waals surface area contributed by atoms with E-state index in [0.717, 1.165) is 50.3 Å². The first-order valence-electron chi connectivity index (χ1n) is 17.2. The molecule has 0 fully saturated rings. The van der Waals surface area contributed by atoms with Gasteiger partial charge in [0.05, 0.1) is 14.3 Å². The summed E-state index contributed by atoms with van der Waals surface area (Å²) in [5.41, 5.74) is 10.4. The maximum atomic E-state index is 14.8. The second-order valence-electron chi connectivity index (χ2n) is 15.5. The van der Waals surface area contributed by atoms with E-state index in [1.165, 1.54) is 38.0 Å². The normalized spacial score (nSPS) is 11.6. The fourth-order valence-electron chi connectivity index (χ4n) is 6.84. The van der Waals surface area contributed by atoms with Gasteiger partial charge in [0.25, 0.3) is 0 Å². The van der Waals surface area contributed by atoms with Crippen LogP contribution in [0.4, 0.5) is 4.39 Å². The fourth-order valence-corrected chi connectivity index (χ4v) is 9.63. The first-order chi connectivity index (χ1) is 23.7. The van der Waals surface area contributed by atoms with Crippen LogP contribution in [-0.4, -0.2) is 18.0 Å². The van der Waals surface area contributed by atoms with E-state index in [1.807, 2.05) is 44.2 Å². The summed E-state index contributed by atoms with van der Waals surface area (Å²) in [5.74, 6) is -0.299. The Bertz CT molecular complexity index is 2290. The molecule has 0 N–H and O–H groups in total. The van der Waals surface area contributed by atoms with Gasteiger partial charge in [0.15, 0.2) is 0 Å². The third-order valence-electron chi connectivity index (χ3n) is 8.90. The molecule has 3 aromatic heterocycles. The summed E-state index contributed by atoms with van der Waals surface area (Å²) >= 11 is 1.73.